The van der Waals surface area contributed by atoms with E-state index in [4.69, 9.17) is 4.74 Å². The second kappa shape index (κ2) is 7.57. The van der Waals surface area contributed by atoms with E-state index < -0.39 is 0 Å². The molecule has 2 rings (SSSR count). The Morgan fingerprint density at radius 1 is 1.43 bits per heavy atom. The van der Waals surface area contributed by atoms with Crippen molar-refractivity contribution in [3.05, 3.63) is 29.8 Å². The summed E-state index contributed by atoms with van der Waals surface area (Å²) in [4.78, 5) is 12.4. The fourth-order valence-corrected chi connectivity index (χ4v) is 2.67. The van der Waals surface area contributed by atoms with E-state index in [1.54, 1.807) is 0 Å². The Morgan fingerprint density at radius 3 is 2.95 bits per heavy atom. The molecule has 0 radical (unpaired) electrons. The number of carbonyl (C=O) groups is 1. The lowest BCUT2D eigenvalue weighted by Gasteiger charge is -2.17. The highest BCUT2D eigenvalue weighted by atomic mass is 16.5. The van der Waals surface area contributed by atoms with Gasteiger partial charge in [0.05, 0.1) is 12.0 Å². The van der Waals surface area contributed by atoms with Gasteiger partial charge in [0.15, 0.2) is 0 Å². The molecule has 1 amide bonds. The smallest absolute Gasteiger partial charge is 0.230 e. The molecule has 1 aromatic rings. The minimum absolute atomic E-state index is 0.0209. The highest BCUT2D eigenvalue weighted by Gasteiger charge is 2.32. The molecule has 1 aliphatic rings. The summed E-state index contributed by atoms with van der Waals surface area (Å²) >= 11 is 0. The minimum Gasteiger partial charge on any atom is -0.377 e. The summed E-state index contributed by atoms with van der Waals surface area (Å²) in [5, 5.41) is 6.41. The van der Waals surface area contributed by atoms with E-state index in [-0.39, 0.29) is 17.9 Å². The van der Waals surface area contributed by atoms with Crippen molar-refractivity contribution >= 4 is 11.6 Å². The summed E-state index contributed by atoms with van der Waals surface area (Å²) in [5.41, 5.74) is 2.04. The summed E-state index contributed by atoms with van der Waals surface area (Å²) in [6.45, 7) is 7.81. The molecule has 0 bridgehead atoms. The van der Waals surface area contributed by atoms with Gasteiger partial charge in [0.25, 0.3) is 0 Å². The maximum Gasteiger partial charge on any atom is 0.230 e. The van der Waals surface area contributed by atoms with Crippen LogP contribution in [0.25, 0.3) is 0 Å². The van der Waals surface area contributed by atoms with Crippen molar-refractivity contribution < 1.29 is 9.53 Å². The van der Waals surface area contributed by atoms with E-state index in [0.717, 1.165) is 25.1 Å². The number of nitrogens with one attached hydrogen (secondary N) is 2. The van der Waals surface area contributed by atoms with E-state index in [1.807, 2.05) is 18.2 Å². The maximum atomic E-state index is 12.4. The second-order valence-electron chi connectivity index (χ2n) is 5.94. The summed E-state index contributed by atoms with van der Waals surface area (Å²) in [5.74, 6) is 0.0563. The molecule has 1 aliphatic heterocycles. The third-order valence-corrected chi connectivity index (χ3v) is 3.86. The Hall–Kier alpha value is -1.39. The molecule has 2 atom stereocenters. The first-order chi connectivity index (χ1) is 10.1. The molecule has 1 fully saturated rings. The van der Waals surface area contributed by atoms with Gasteiger partial charge in [-0.15, -0.1) is 0 Å². The highest BCUT2D eigenvalue weighted by molar-refractivity contribution is 5.93. The van der Waals surface area contributed by atoms with Crippen LogP contribution in [0.5, 0.6) is 0 Å². The number of carbonyl (C=O) groups excluding carboxylic acids is 1. The first kappa shape index (κ1) is 16.0. The Bertz CT molecular complexity index is 474. The molecule has 1 heterocycles. The van der Waals surface area contributed by atoms with Crippen LogP contribution in [-0.2, 0) is 16.1 Å². The van der Waals surface area contributed by atoms with Crippen molar-refractivity contribution in [1.82, 2.24) is 5.32 Å². The Labute approximate surface area is 127 Å². The number of hydrogen-bond acceptors (Lipinski definition) is 3. The average Bonchev–Trinajstić information content (AvgIpc) is 2.94. The quantitative estimate of drug-likeness (QED) is 0.847. The van der Waals surface area contributed by atoms with Gasteiger partial charge in [-0.25, -0.2) is 0 Å². The van der Waals surface area contributed by atoms with Crippen molar-refractivity contribution in [3.63, 3.8) is 0 Å². The van der Waals surface area contributed by atoms with Crippen molar-refractivity contribution in [2.45, 2.75) is 52.3 Å². The van der Waals surface area contributed by atoms with Gasteiger partial charge in [-0.2, -0.15) is 0 Å². The molecule has 21 heavy (non-hydrogen) atoms. The van der Waals surface area contributed by atoms with Crippen molar-refractivity contribution in [2.75, 3.05) is 11.9 Å². The molecule has 116 valence electrons. The van der Waals surface area contributed by atoms with Crippen molar-refractivity contribution in [3.8, 4) is 0 Å². The number of anilines is 1. The molecule has 0 aromatic heterocycles. The number of benzene rings is 1. The summed E-state index contributed by atoms with van der Waals surface area (Å²) in [6, 6.07) is 8.47. The fourth-order valence-electron chi connectivity index (χ4n) is 2.67. The van der Waals surface area contributed by atoms with Crippen LogP contribution >= 0.6 is 0 Å². The van der Waals surface area contributed by atoms with Gasteiger partial charge in [-0.1, -0.05) is 32.9 Å². The normalized spacial score (nSPS) is 21.7. The molecule has 4 nitrogen and oxygen atoms in total. The van der Waals surface area contributed by atoms with E-state index in [2.05, 4.69) is 37.5 Å². The number of amides is 1. The molecule has 1 aromatic carbocycles. The van der Waals surface area contributed by atoms with Crippen LogP contribution in [0.4, 0.5) is 5.69 Å². The summed E-state index contributed by atoms with van der Waals surface area (Å²) in [6.07, 6.45) is 1.77. The number of ether oxygens (including phenoxy) is 1. The van der Waals surface area contributed by atoms with Crippen molar-refractivity contribution in [2.24, 2.45) is 5.92 Å². The summed E-state index contributed by atoms with van der Waals surface area (Å²) in [7, 11) is 0. The second-order valence-corrected chi connectivity index (χ2v) is 5.94. The largest absolute Gasteiger partial charge is 0.377 e. The van der Waals surface area contributed by atoms with Crippen LogP contribution < -0.4 is 10.6 Å². The zero-order valence-electron chi connectivity index (χ0n) is 13.2. The topological polar surface area (TPSA) is 50.4 Å². The molecule has 2 unspecified atom stereocenters. The third kappa shape index (κ3) is 4.55. The Balaban J connectivity index is 1.95. The number of rotatable bonds is 6. The molecule has 0 spiro atoms. The minimum atomic E-state index is -0.0209. The maximum absolute atomic E-state index is 12.4. The first-order valence-electron chi connectivity index (χ1n) is 7.85. The van der Waals surface area contributed by atoms with Gasteiger partial charge >= 0.3 is 0 Å². The van der Waals surface area contributed by atoms with Gasteiger partial charge in [-0.3, -0.25) is 4.79 Å². The van der Waals surface area contributed by atoms with Crippen LogP contribution in [-0.4, -0.2) is 24.7 Å². The zero-order chi connectivity index (χ0) is 15.2. The first-order valence-corrected chi connectivity index (χ1v) is 7.85. The standard InChI is InChI=1S/C17H26N2O2/c1-4-16-15(8-9-21-16)17(20)19-14-7-5-6-13(10-14)11-18-12(2)3/h5-7,10,12,15-16,18H,4,8-9,11H2,1-3H3,(H,19,20). The fraction of sp³-hybridized carbons (Fsp3) is 0.588. The van der Waals surface area contributed by atoms with Gasteiger partial charge < -0.3 is 15.4 Å². The lowest BCUT2D eigenvalue weighted by Crippen LogP contribution is -2.29. The zero-order valence-corrected chi connectivity index (χ0v) is 13.2. The monoisotopic (exact) mass is 290 g/mol. The molecule has 0 saturated carbocycles. The van der Waals surface area contributed by atoms with E-state index in [9.17, 15) is 4.79 Å². The predicted octanol–water partition coefficient (Wildman–Crippen LogP) is 2.94. The molecule has 1 saturated heterocycles. The van der Waals surface area contributed by atoms with Gasteiger partial charge in [0.2, 0.25) is 5.91 Å². The van der Waals surface area contributed by atoms with E-state index in [0.29, 0.717) is 12.6 Å². The number of hydrogen-bond donors (Lipinski definition) is 2. The molecular formula is C17H26N2O2. The lowest BCUT2D eigenvalue weighted by atomic mass is 9.98. The van der Waals surface area contributed by atoms with Crippen LogP contribution in [0.2, 0.25) is 0 Å². The highest BCUT2D eigenvalue weighted by Crippen LogP contribution is 2.25. The SMILES string of the molecule is CCC1OCCC1C(=O)Nc1cccc(CNC(C)C)c1. The molecule has 2 N–H and O–H groups in total. The van der Waals surface area contributed by atoms with E-state index in [1.165, 1.54) is 5.56 Å². The molecule has 0 aliphatic carbocycles. The average molecular weight is 290 g/mol. The van der Waals surface area contributed by atoms with Crippen LogP contribution in [0, 0.1) is 5.92 Å². The Kier molecular flexibility index (Phi) is 5.76. The van der Waals surface area contributed by atoms with Crippen LogP contribution in [0.1, 0.15) is 39.2 Å². The van der Waals surface area contributed by atoms with E-state index >= 15 is 0 Å². The van der Waals surface area contributed by atoms with Gasteiger partial charge in [-0.05, 0) is 30.5 Å². The molecule has 4 heteroatoms. The Morgan fingerprint density at radius 2 is 2.24 bits per heavy atom. The predicted molar refractivity (Wildman–Crippen MR) is 85.2 cm³/mol. The molecular weight excluding hydrogens is 264 g/mol. The van der Waals surface area contributed by atoms with Gasteiger partial charge in [0.1, 0.15) is 0 Å². The van der Waals surface area contributed by atoms with Gasteiger partial charge in [0, 0.05) is 24.9 Å². The van der Waals surface area contributed by atoms with Crippen LogP contribution in [0.3, 0.4) is 0 Å². The summed E-state index contributed by atoms with van der Waals surface area (Å²) < 4.78 is 5.59. The van der Waals surface area contributed by atoms with Crippen LogP contribution in [0.15, 0.2) is 24.3 Å². The third-order valence-electron chi connectivity index (χ3n) is 3.86. The van der Waals surface area contributed by atoms with Crippen molar-refractivity contribution in [1.29, 1.82) is 0 Å². The lowest BCUT2D eigenvalue weighted by molar-refractivity contribution is -0.121.